The number of nitrogens with zero attached hydrogens (tertiary/aromatic N) is 1. The second-order valence-corrected chi connectivity index (χ2v) is 9.05. The van der Waals surface area contributed by atoms with E-state index in [1.807, 2.05) is 56.0 Å². The van der Waals surface area contributed by atoms with Crippen LogP contribution in [0.25, 0.3) is 0 Å². The van der Waals surface area contributed by atoms with Crippen molar-refractivity contribution in [3.05, 3.63) is 35.9 Å². The van der Waals surface area contributed by atoms with Gasteiger partial charge in [-0.05, 0) is 58.4 Å². The predicted octanol–water partition coefficient (Wildman–Crippen LogP) is 4.73. The molecule has 3 rings (SSSR count). The van der Waals surface area contributed by atoms with Crippen molar-refractivity contribution >= 4 is 11.9 Å². The molecule has 0 spiro atoms. The third kappa shape index (κ3) is 5.57. The molecule has 2 bridgehead atoms. The van der Waals surface area contributed by atoms with Crippen LogP contribution in [0.1, 0.15) is 64.9 Å². The Kier molecular flexibility index (Phi) is 6.76. The van der Waals surface area contributed by atoms with Gasteiger partial charge in [0.25, 0.3) is 0 Å². The number of amides is 1. The lowest BCUT2D eigenvalue weighted by atomic mass is 9.86. The zero-order chi connectivity index (χ0) is 20.1. The van der Waals surface area contributed by atoms with E-state index >= 15 is 0 Å². The van der Waals surface area contributed by atoms with E-state index in [1.165, 1.54) is 0 Å². The fourth-order valence-corrected chi connectivity index (χ4v) is 4.37. The number of hydrogen-bond donors (Lipinski definition) is 0. The average Bonchev–Trinajstić information content (AvgIpc) is 2.91. The summed E-state index contributed by atoms with van der Waals surface area (Å²) in [5, 5.41) is 0. The van der Waals surface area contributed by atoms with Gasteiger partial charge in [-0.25, -0.2) is 4.79 Å². The first-order valence-electron chi connectivity index (χ1n) is 10.5. The molecular weight excluding hydrogens is 354 g/mol. The Morgan fingerprint density at radius 2 is 1.71 bits per heavy atom. The molecule has 28 heavy (non-hydrogen) atoms. The molecule has 2 heterocycles. The number of rotatable bonds is 7. The largest absolute Gasteiger partial charge is 0.444 e. The maximum absolute atomic E-state index is 12.7. The van der Waals surface area contributed by atoms with E-state index in [9.17, 15) is 9.59 Å². The standard InChI is InChI=1S/C23H33NO4/c1-23(2,3)28-22(26)24-19-11-12-20(24)15-18(14-19)21(25)10-7-13-27-16-17-8-5-4-6-9-17/h4-6,8-9,18-20H,7,10-16H2,1-3H3. The lowest BCUT2D eigenvalue weighted by molar-refractivity contribution is -0.125. The van der Waals surface area contributed by atoms with Crippen LogP contribution >= 0.6 is 0 Å². The molecule has 1 aromatic carbocycles. The summed E-state index contributed by atoms with van der Waals surface area (Å²) in [6.45, 7) is 6.87. The van der Waals surface area contributed by atoms with Gasteiger partial charge in [0, 0.05) is 31.0 Å². The van der Waals surface area contributed by atoms with E-state index < -0.39 is 5.60 Å². The van der Waals surface area contributed by atoms with Gasteiger partial charge in [0.1, 0.15) is 11.4 Å². The molecule has 0 aromatic heterocycles. The number of carbonyl (C=O) groups excluding carboxylic acids is 2. The molecule has 1 aromatic rings. The van der Waals surface area contributed by atoms with E-state index in [0.717, 1.165) is 37.7 Å². The van der Waals surface area contributed by atoms with Gasteiger partial charge in [0.15, 0.2) is 0 Å². The summed E-state index contributed by atoms with van der Waals surface area (Å²) in [6.07, 6.45) is 4.61. The highest BCUT2D eigenvalue weighted by atomic mass is 16.6. The predicted molar refractivity (Wildman–Crippen MR) is 108 cm³/mol. The first-order chi connectivity index (χ1) is 13.3. The number of benzene rings is 1. The molecule has 5 nitrogen and oxygen atoms in total. The molecule has 2 aliphatic heterocycles. The number of ether oxygens (including phenoxy) is 2. The topological polar surface area (TPSA) is 55.8 Å². The molecular formula is C23H33NO4. The van der Waals surface area contributed by atoms with Crippen LogP contribution in [0.4, 0.5) is 4.79 Å². The van der Waals surface area contributed by atoms with Crippen LogP contribution in [0.2, 0.25) is 0 Å². The zero-order valence-corrected chi connectivity index (χ0v) is 17.4. The van der Waals surface area contributed by atoms with Crippen LogP contribution in [0.15, 0.2) is 30.3 Å². The molecule has 1 amide bonds. The highest BCUT2D eigenvalue weighted by Crippen LogP contribution is 2.40. The summed E-state index contributed by atoms with van der Waals surface area (Å²) in [5.41, 5.74) is 0.670. The van der Waals surface area contributed by atoms with E-state index in [1.54, 1.807) is 0 Å². The summed E-state index contributed by atoms with van der Waals surface area (Å²) < 4.78 is 11.3. The minimum atomic E-state index is -0.483. The maximum Gasteiger partial charge on any atom is 0.410 e. The maximum atomic E-state index is 12.7. The van der Waals surface area contributed by atoms with Crippen molar-refractivity contribution in [3.63, 3.8) is 0 Å². The lowest BCUT2D eigenvalue weighted by Gasteiger charge is -2.39. The van der Waals surface area contributed by atoms with Gasteiger partial charge in [0.2, 0.25) is 0 Å². The van der Waals surface area contributed by atoms with Gasteiger partial charge in [0.05, 0.1) is 6.61 Å². The SMILES string of the molecule is CC(C)(C)OC(=O)N1C2CCC1CC(C(=O)CCCOCc1ccccc1)C2. The highest BCUT2D eigenvalue weighted by molar-refractivity contribution is 5.81. The van der Waals surface area contributed by atoms with E-state index in [4.69, 9.17) is 9.47 Å². The minimum absolute atomic E-state index is 0.0744. The van der Waals surface area contributed by atoms with E-state index in [-0.39, 0.29) is 24.1 Å². The average molecular weight is 388 g/mol. The number of carbonyl (C=O) groups is 2. The summed E-state index contributed by atoms with van der Waals surface area (Å²) in [5.74, 6) is 0.398. The van der Waals surface area contributed by atoms with Crippen LogP contribution in [0.5, 0.6) is 0 Å². The number of Topliss-reactive ketones (excluding diaryl/α,β-unsaturated/α-hetero) is 1. The molecule has 0 radical (unpaired) electrons. The first kappa shape index (κ1) is 20.8. The van der Waals surface area contributed by atoms with Crippen molar-refractivity contribution in [2.24, 2.45) is 5.92 Å². The van der Waals surface area contributed by atoms with Gasteiger partial charge in [-0.15, -0.1) is 0 Å². The number of ketones is 1. The fraction of sp³-hybridized carbons (Fsp3) is 0.652. The number of fused-ring (bicyclic) bond motifs is 2. The monoisotopic (exact) mass is 387 g/mol. The van der Waals surface area contributed by atoms with Crippen molar-refractivity contribution < 1.29 is 19.1 Å². The Morgan fingerprint density at radius 1 is 1.07 bits per heavy atom. The smallest absolute Gasteiger partial charge is 0.410 e. The van der Waals surface area contributed by atoms with Crippen molar-refractivity contribution in [3.8, 4) is 0 Å². The van der Waals surface area contributed by atoms with Crippen molar-refractivity contribution in [2.45, 2.75) is 83.6 Å². The Morgan fingerprint density at radius 3 is 2.32 bits per heavy atom. The van der Waals surface area contributed by atoms with Crippen LogP contribution in [-0.2, 0) is 20.9 Å². The Bertz CT molecular complexity index is 653. The molecule has 2 aliphatic rings. The van der Waals surface area contributed by atoms with Crippen LogP contribution in [0.3, 0.4) is 0 Å². The fourth-order valence-electron chi connectivity index (χ4n) is 4.37. The third-order valence-electron chi connectivity index (χ3n) is 5.62. The molecule has 0 aliphatic carbocycles. The number of piperidine rings is 1. The molecule has 2 atom stereocenters. The second-order valence-electron chi connectivity index (χ2n) is 9.05. The van der Waals surface area contributed by atoms with Crippen LogP contribution < -0.4 is 0 Å². The second kappa shape index (κ2) is 9.08. The Labute approximate surface area is 168 Å². The lowest BCUT2D eigenvalue weighted by Crippen LogP contribution is -2.49. The third-order valence-corrected chi connectivity index (χ3v) is 5.62. The van der Waals surface area contributed by atoms with Gasteiger partial charge >= 0.3 is 6.09 Å². The van der Waals surface area contributed by atoms with E-state index in [2.05, 4.69) is 0 Å². The van der Waals surface area contributed by atoms with Crippen LogP contribution in [-0.4, -0.2) is 41.1 Å². The van der Waals surface area contributed by atoms with Gasteiger partial charge in [-0.2, -0.15) is 0 Å². The van der Waals surface area contributed by atoms with E-state index in [0.29, 0.717) is 25.4 Å². The van der Waals surface area contributed by atoms with Crippen molar-refractivity contribution in [2.75, 3.05) is 6.61 Å². The van der Waals surface area contributed by atoms with Gasteiger partial charge < -0.3 is 14.4 Å². The molecule has 2 fully saturated rings. The molecule has 2 saturated heterocycles. The number of hydrogen-bond acceptors (Lipinski definition) is 4. The molecule has 154 valence electrons. The molecule has 0 saturated carbocycles. The van der Waals surface area contributed by atoms with Gasteiger partial charge in [-0.3, -0.25) is 4.79 Å². The molecule has 0 N–H and O–H groups in total. The van der Waals surface area contributed by atoms with Crippen LogP contribution in [0, 0.1) is 5.92 Å². The normalized spacial score (nSPS) is 24.2. The summed E-state index contributed by atoms with van der Waals surface area (Å²) >= 11 is 0. The minimum Gasteiger partial charge on any atom is -0.444 e. The zero-order valence-electron chi connectivity index (χ0n) is 17.4. The highest BCUT2D eigenvalue weighted by Gasteiger charge is 2.46. The Balaban J connectivity index is 1.40. The van der Waals surface area contributed by atoms with Crippen molar-refractivity contribution in [1.29, 1.82) is 0 Å². The molecule has 5 heteroatoms. The van der Waals surface area contributed by atoms with Gasteiger partial charge in [-0.1, -0.05) is 30.3 Å². The molecule has 2 unspecified atom stereocenters. The summed E-state index contributed by atoms with van der Waals surface area (Å²) in [7, 11) is 0. The quantitative estimate of drug-likeness (QED) is 0.635. The Hall–Kier alpha value is -1.88. The van der Waals surface area contributed by atoms with Crippen molar-refractivity contribution in [1.82, 2.24) is 4.90 Å². The summed E-state index contributed by atoms with van der Waals surface area (Å²) in [4.78, 5) is 27.1. The first-order valence-corrected chi connectivity index (χ1v) is 10.5. The summed E-state index contributed by atoms with van der Waals surface area (Å²) in [6, 6.07) is 10.4.